The van der Waals surface area contributed by atoms with Gasteiger partial charge in [0.25, 0.3) is 5.78 Å². The second kappa shape index (κ2) is 8.08. The second-order valence-electron chi connectivity index (χ2n) is 8.85. The quantitative estimate of drug-likeness (QED) is 0.693. The van der Waals surface area contributed by atoms with Crippen LogP contribution in [0.5, 0.6) is 0 Å². The van der Waals surface area contributed by atoms with E-state index in [1.807, 2.05) is 6.07 Å². The molecule has 1 unspecified atom stereocenters. The number of aromatic nitrogens is 4. The standard InChI is InChI=1S/C22H30N6O/c1-22(2,3)19(13-27-10-9-16-7-5-6-8-17(16)12-27)26-20-11-18(14-29-4)25-21-23-15-24-28(20)21/h5-8,11,15,19,26H,9-10,12-14H2,1-4H3. The lowest BCUT2D eigenvalue weighted by Gasteiger charge is -2.38. The first-order valence-electron chi connectivity index (χ1n) is 10.2. The number of nitrogens with one attached hydrogen (secondary N) is 1. The van der Waals surface area contributed by atoms with Gasteiger partial charge in [0.1, 0.15) is 12.1 Å². The molecule has 3 heterocycles. The number of hydrogen-bond donors (Lipinski definition) is 1. The molecule has 1 atom stereocenters. The Labute approximate surface area is 172 Å². The molecule has 0 amide bonds. The Morgan fingerprint density at radius 2 is 2.00 bits per heavy atom. The molecule has 1 N–H and O–H groups in total. The number of ether oxygens (including phenoxy) is 1. The largest absolute Gasteiger partial charge is 0.378 e. The van der Waals surface area contributed by atoms with Crippen molar-refractivity contribution >= 4 is 11.6 Å². The van der Waals surface area contributed by atoms with Gasteiger partial charge in [-0.15, -0.1) is 0 Å². The average Bonchev–Trinajstić information content (AvgIpc) is 3.16. The smallest absolute Gasteiger partial charge is 0.254 e. The first-order valence-corrected chi connectivity index (χ1v) is 10.2. The monoisotopic (exact) mass is 394 g/mol. The van der Waals surface area contributed by atoms with Crippen molar-refractivity contribution in [1.82, 2.24) is 24.5 Å². The van der Waals surface area contributed by atoms with E-state index in [-0.39, 0.29) is 11.5 Å². The molecule has 1 aromatic carbocycles. The molecule has 0 fully saturated rings. The highest BCUT2D eigenvalue weighted by Crippen LogP contribution is 2.27. The number of anilines is 1. The molecule has 0 radical (unpaired) electrons. The third-order valence-corrected chi connectivity index (χ3v) is 5.62. The van der Waals surface area contributed by atoms with E-state index < -0.39 is 0 Å². The topological polar surface area (TPSA) is 67.6 Å². The Kier molecular flexibility index (Phi) is 5.52. The molecule has 1 aliphatic heterocycles. The molecule has 29 heavy (non-hydrogen) atoms. The molecule has 0 spiro atoms. The number of nitrogens with zero attached hydrogens (tertiary/aromatic N) is 5. The molecule has 1 aliphatic rings. The summed E-state index contributed by atoms with van der Waals surface area (Å²) in [6, 6.07) is 11.0. The van der Waals surface area contributed by atoms with Crippen LogP contribution in [0.3, 0.4) is 0 Å². The molecule has 0 saturated heterocycles. The van der Waals surface area contributed by atoms with Crippen molar-refractivity contribution in [3.63, 3.8) is 0 Å². The molecule has 154 valence electrons. The summed E-state index contributed by atoms with van der Waals surface area (Å²) in [5, 5.41) is 8.10. The first-order chi connectivity index (χ1) is 13.9. The van der Waals surface area contributed by atoms with Crippen molar-refractivity contribution in [2.45, 2.75) is 46.4 Å². The highest BCUT2D eigenvalue weighted by atomic mass is 16.5. The fourth-order valence-electron chi connectivity index (χ4n) is 3.87. The van der Waals surface area contributed by atoms with Crippen LogP contribution in [-0.4, -0.2) is 50.7 Å². The molecule has 7 heteroatoms. The lowest BCUT2D eigenvalue weighted by atomic mass is 9.85. The third-order valence-electron chi connectivity index (χ3n) is 5.62. The zero-order valence-corrected chi connectivity index (χ0v) is 17.7. The van der Waals surface area contributed by atoms with E-state index in [9.17, 15) is 0 Å². The van der Waals surface area contributed by atoms with Crippen LogP contribution in [0.2, 0.25) is 0 Å². The first kappa shape index (κ1) is 19.8. The highest BCUT2D eigenvalue weighted by molar-refractivity contribution is 5.46. The van der Waals surface area contributed by atoms with Gasteiger partial charge in [0, 0.05) is 38.9 Å². The maximum absolute atomic E-state index is 5.28. The fraction of sp³-hybridized carbons (Fsp3) is 0.500. The maximum Gasteiger partial charge on any atom is 0.254 e. The summed E-state index contributed by atoms with van der Waals surface area (Å²) >= 11 is 0. The number of hydrogen-bond acceptors (Lipinski definition) is 6. The van der Waals surface area contributed by atoms with E-state index in [1.165, 1.54) is 17.5 Å². The van der Waals surface area contributed by atoms with Gasteiger partial charge in [-0.1, -0.05) is 45.0 Å². The van der Waals surface area contributed by atoms with Crippen LogP contribution in [0.25, 0.3) is 5.78 Å². The van der Waals surface area contributed by atoms with Crippen LogP contribution in [-0.2, 0) is 24.3 Å². The van der Waals surface area contributed by atoms with E-state index in [0.29, 0.717) is 12.4 Å². The van der Waals surface area contributed by atoms with Gasteiger partial charge < -0.3 is 10.1 Å². The molecular weight excluding hydrogens is 364 g/mol. The van der Waals surface area contributed by atoms with Crippen LogP contribution in [0.4, 0.5) is 5.82 Å². The molecule has 0 aliphatic carbocycles. The molecular formula is C22H30N6O. The molecule has 0 bridgehead atoms. The van der Waals surface area contributed by atoms with E-state index in [4.69, 9.17) is 4.74 Å². The normalized spacial score (nSPS) is 16.0. The van der Waals surface area contributed by atoms with Gasteiger partial charge in [-0.25, -0.2) is 4.98 Å². The predicted molar refractivity (Wildman–Crippen MR) is 114 cm³/mol. The Hall–Kier alpha value is -2.51. The molecule has 7 nitrogen and oxygen atoms in total. The predicted octanol–water partition coefficient (Wildman–Crippen LogP) is 3.16. The zero-order chi connectivity index (χ0) is 20.4. The molecule has 0 saturated carbocycles. The number of benzene rings is 1. The van der Waals surface area contributed by atoms with Crippen LogP contribution < -0.4 is 5.32 Å². The van der Waals surface area contributed by atoms with Crippen LogP contribution in [0.1, 0.15) is 37.6 Å². The van der Waals surface area contributed by atoms with E-state index in [0.717, 1.165) is 37.6 Å². The van der Waals surface area contributed by atoms with Gasteiger partial charge in [-0.2, -0.15) is 14.6 Å². The summed E-state index contributed by atoms with van der Waals surface area (Å²) in [5.74, 6) is 1.48. The minimum atomic E-state index is 0.0640. The van der Waals surface area contributed by atoms with Crippen molar-refractivity contribution in [2.24, 2.45) is 5.41 Å². The van der Waals surface area contributed by atoms with Crippen LogP contribution in [0.15, 0.2) is 36.7 Å². The lowest BCUT2D eigenvalue weighted by molar-refractivity contribution is 0.181. The van der Waals surface area contributed by atoms with E-state index in [1.54, 1.807) is 11.6 Å². The van der Waals surface area contributed by atoms with Crippen LogP contribution >= 0.6 is 0 Å². The number of methoxy groups -OCH3 is 1. The SMILES string of the molecule is COCc1cc(NC(CN2CCc3ccccc3C2)C(C)(C)C)n2ncnc2n1. The van der Waals surface area contributed by atoms with Crippen molar-refractivity contribution in [2.75, 3.05) is 25.5 Å². The molecule has 2 aromatic heterocycles. The minimum absolute atomic E-state index is 0.0640. The van der Waals surface area contributed by atoms with Crippen molar-refractivity contribution in [3.8, 4) is 0 Å². The van der Waals surface area contributed by atoms with E-state index in [2.05, 4.69) is 70.3 Å². The maximum atomic E-state index is 5.28. The second-order valence-corrected chi connectivity index (χ2v) is 8.85. The summed E-state index contributed by atoms with van der Waals surface area (Å²) < 4.78 is 7.05. The Bertz CT molecular complexity index is 977. The zero-order valence-electron chi connectivity index (χ0n) is 17.7. The molecule has 3 aromatic rings. The number of rotatable bonds is 6. The minimum Gasteiger partial charge on any atom is -0.378 e. The third kappa shape index (κ3) is 4.41. The van der Waals surface area contributed by atoms with Gasteiger partial charge in [-0.05, 0) is 23.0 Å². The summed E-state index contributed by atoms with van der Waals surface area (Å²) in [4.78, 5) is 11.3. The highest BCUT2D eigenvalue weighted by Gasteiger charge is 2.29. The summed E-state index contributed by atoms with van der Waals surface area (Å²) in [7, 11) is 1.68. The van der Waals surface area contributed by atoms with Crippen molar-refractivity contribution < 1.29 is 4.74 Å². The van der Waals surface area contributed by atoms with Crippen molar-refractivity contribution in [1.29, 1.82) is 0 Å². The molecule has 4 rings (SSSR count). The Morgan fingerprint density at radius 1 is 1.21 bits per heavy atom. The van der Waals surface area contributed by atoms with E-state index >= 15 is 0 Å². The van der Waals surface area contributed by atoms with Gasteiger partial charge >= 0.3 is 0 Å². The van der Waals surface area contributed by atoms with Gasteiger partial charge in [0.15, 0.2) is 0 Å². The average molecular weight is 395 g/mol. The Morgan fingerprint density at radius 3 is 2.76 bits per heavy atom. The van der Waals surface area contributed by atoms with Crippen molar-refractivity contribution in [3.05, 3.63) is 53.5 Å². The van der Waals surface area contributed by atoms with Crippen LogP contribution in [0, 0.1) is 5.41 Å². The van der Waals surface area contributed by atoms with Gasteiger partial charge in [-0.3, -0.25) is 4.90 Å². The summed E-state index contributed by atoms with van der Waals surface area (Å²) in [5.41, 5.74) is 3.83. The summed E-state index contributed by atoms with van der Waals surface area (Å²) in [6.07, 6.45) is 2.64. The van der Waals surface area contributed by atoms with Gasteiger partial charge in [0.2, 0.25) is 0 Å². The number of fused-ring (bicyclic) bond motifs is 2. The summed E-state index contributed by atoms with van der Waals surface area (Å²) in [6.45, 7) is 10.3. The Balaban J connectivity index is 1.57. The van der Waals surface area contributed by atoms with Gasteiger partial charge in [0.05, 0.1) is 12.3 Å². The fourth-order valence-corrected chi connectivity index (χ4v) is 3.87. The lowest BCUT2D eigenvalue weighted by Crippen LogP contribution is -2.46.